The van der Waals surface area contributed by atoms with Crippen LogP contribution in [0.2, 0.25) is 5.02 Å². The fourth-order valence-corrected chi connectivity index (χ4v) is 3.74. The number of rotatable bonds is 4. The molecule has 5 heteroatoms. The normalized spacial score (nSPS) is 15.2. The van der Waals surface area contributed by atoms with Gasteiger partial charge < -0.3 is 14.2 Å². The Morgan fingerprint density at radius 2 is 2.00 bits per heavy atom. The number of aryl methyl sites for hydroxylation is 2. The predicted octanol–water partition coefficient (Wildman–Crippen LogP) is 3.98. The van der Waals surface area contributed by atoms with E-state index in [-0.39, 0.29) is 25.8 Å². The molecular formula is C20H19ClO4. The van der Waals surface area contributed by atoms with Crippen LogP contribution in [-0.2, 0) is 46.7 Å². The summed E-state index contributed by atoms with van der Waals surface area (Å²) in [6.07, 6.45) is 3.72. The highest BCUT2D eigenvalue weighted by molar-refractivity contribution is 6.30. The van der Waals surface area contributed by atoms with Gasteiger partial charge in [-0.05, 0) is 48.1 Å². The summed E-state index contributed by atoms with van der Waals surface area (Å²) in [4.78, 5) is 12.2. The zero-order chi connectivity index (χ0) is 17.2. The van der Waals surface area contributed by atoms with Crippen molar-refractivity contribution in [2.24, 2.45) is 0 Å². The Labute approximate surface area is 151 Å². The van der Waals surface area contributed by atoms with Gasteiger partial charge in [0.1, 0.15) is 12.4 Å². The maximum atomic E-state index is 12.2. The third kappa shape index (κ3) is 3.65. The summed E-state index contributed by atoms with van der Waals surface area (Å²) in [6, 6.07) is 9.87. The maximum absolute atomic E-state index is 12.2. The van der Waals surface area contributed by atoms with Gasteiger partial charge in [-0.3, -0.25) is 4.79 Å². The van der Waals surface area contributed by atoms with Gasteiger partial charge in [-0.15, -0.1) is 0 Å². The summed E-state index contributed by atoms with van der Waals surface area (Å²) < 4.78 is 16.3. The first-order chi connectivity index (χ1) is 12.2. The molecular weight excluding hydrogens is 340 g/mol. The Morgan fingerprint density at radius 1 is 1.12 bits per heavy atom. The smallest absolute Gasteiger partial charge is 0.310 e. The molecule has 2 aliphatic rings. The summed E-state index contributed by atoms with van der Waals surface area (Å²) in [5, 5.41) is 0.581. The van der Waals surface area contributed by atoms with Crippen molar-refractivity contribution < 1.29 is 19.0 Å². The number of benzene rings is 2. The molecule has 1 aliphatic heterocycles. The van der Waals surface area contributed by atoms with E-state index in [1.165, 1.54) is 17.5 Å². The Balaban J connectivity index is 1.41. The van der Waals surface area contributed by atoms with Crippen molar-refractivity contribution in [2.45, 2.75) is 38.9 Å². The Kier molecular flexibility index (Phi) is 4.64. The minimum Gasteiger partial charge on any atom is -0.467 e. The number of fused-ring (bicyclic) bond motifs is 2. The quantitative estimate of drug-likeness (QED) is 0.775. The Morgan fingerprint density at radius 3 is 2.92 bits per heavy atom. The molecule has 0 unspecified atom stereocenters. The molecule has 0 amide bonds. The molecule has 0 saturated heterocycles. The lowest BCUT2D eigenvalue weighted by Crippen LogP contribution is -2.15. The number of carbonyl (C=O) groups is 1. The van der Waals surface area contributed by atoms with Gasteiger partial charge in [-0.25, -0.2) is 0 Å². The molecule has 0 atom stereocenters. The predicted molar refractivity (Wildman–Crippen MR) is 93.7 cm³/mol. The van der Waals surface area contributed by atoms with Crippen LogP contribution in [0.15, 0.2) is 30.3 Å². The first-order valence-electron chi connectivity index (χ1n) is 8.47. The average Bonchev–Trinajstić information content (AvgIpc) is 3.07. The first kappa shape index (κ1) is 16.4. The van der Waals surface area contributed by atoms with Crippen LogP contribution in [0.25, 0.3) is 0 Å². The van der Waals surface area contributed by atoms with E-state index in [1.807, 2.05) is 12.1 Å². The molecule has 1 heterocycles. The molecule has 0 aromatic heterocycles. The highest BCUT2D eigenvalue weighted by Crippen LogP contribution is 2.32. The minimum atomic E-state index is -0.251. The number of hydrogen-bond donors (Lipinski definition) is 0. The van der Waals surface area contributed by atoms with Crippen LogP contribution >= 0.6 is 11.6 Å². The van der Waals surface area contributed by atoms with E-state index in [0.29, 0.717) is 17.4 Å². The number of esters is 1. The molecule has 0 radical (unpaired) electrons. The third-order valence-corrected chi connectivity index (χ3v) is 4.87. The van der Waals surface area contributed by atoms with Gasteiger partial charge >= 0.3 is 5.97 Å². The lowest BCUT2D eigenvalue weighted by molar-refractivity contribution is -0.144. The zero-order valence-corrected chi connectivity index (χ0v) is 14.6. The summed E-state index contributed by atoms with van der Waals surface area (Å²) >= 11 is 6.13. The lowest BCUT2D eigenvalue weighted by Gasteiger charge is -2.21. The molecule has 0 spiro atoms. The molecule has 2 aromatic rings. The van der Waals surface area contributed by atoms with Crippen molar-refractivity contribution in [1.82, 2.24) is 0 Å². The van der Waals surface area contributed by atoms with Crippen molar-refractivity contribution in [3.63, 3.8) is 0 Å². The third-order valence-electron chi connectivity index (χ3n) is 4.65. The van der Waals surface area contributed by atoms with Gasteiger partial charge in [-0.1, -0.05) is 29.8 Å². The monoisotopic (exact) mass is 358 g/mol. The van der Waals surface area contributed by atoms with Crippen molar-refractivity contribution in [3.8, 4) is 5.75 Å². The van der Waals surface area contributed by atoms with Gasteiger partial charge in [-0.2, -0.15) is 0 Å². The molecule has 0 N–H and O–H groups in total. The van der Waals surface area contributed by atoms with Crippen molar-refractivity contribution in [3.05, 3.63) is 63.2 Å². The topological polar surface area (TPSA) is 44.8 Å². The van der Waals surface area contributed by atoms with E-state index in [1.54, 1.807) is 6.07 Å². The van der Waals surface area contributed by atoms with E-state index in [0.717, 1.165) is 29.5 Å². The van der Waals surface area contributed by atoms with Crippen molar-refractivity contribution >= 4 is 17.6 Å². The molecule has 0 saturated carbocycles. The fourth-order valence-electron chi connectivity index (χ4n) is 3.47. The molecule has 1 aliphatic carbocycles. The van der Waals surface area contributed by atoms with Crippen LogP contribution in [0.1, 0.15) is 34.2 Å². The number of carbonyl (C=O) groups excluding carboxylic acids is 1. The molecule has 2 aromatic carbocycles. The first-order valence-corrected chi connectivity index (χ1v) is 8.85. The number of hydrogen-bond acceptors (Lipinski definition) is 4. The average molecular weight is 359 g/mol. The zero-order valence-electron chi connectivity index (χ0n) is 13.8. The SMILES string of the molecule is O=C(Cc1ccc2c(c1)CCC2)OCc1cc(Cl)cc2c1OCOC2. The second-order valence-corrected chi connectivity index (χ2v) is 6.89. The molecule has 4 rings (SSSR count). The molecule has 0 fully saturated rings. The van der Waals surface area contributed by atoms with Gasteiger partial charge in [0.15, 0.2) is 6.79 Å². The van der Waals surface area contributed by atoms with Crippen LogP contribution in [0.3, 0.4) is 0 Å². The number of ether oxygens (including phenoxy) is 3. The highest BCUT2D eigenvalue weighted by Gasteiger charge is 2.18. The molecule has 0 bridgehead atoms. The van der Waals surface area contributed by atoms with E-state index < -0.39 is 0 Å². The van der Waals surface area contributed by atoms with Crippen LogP contribution in [0.5, 0.6) is 5.75 Å². The van der Waals surface area contributed by atoms with Crippen molar-refractivity contribution in [2.75, 3.05) is 6.79 Å². The highest BCUT2D eigenvalue weighted by atomic mass is 35.5. The van der Waals surface area contributed by atoms with E-state index >= 15 is 0 Å². The molecule has 4 nitrogen and oxygen atoms in total. The summed E-state index contributed by atoms with van der Waals surface area (Å²) in [5.41, 5.74) is 5.42. The second-order valence-electron chi connectivity index (χ2n) is 6.46. The molecule has 130 valence electrons. The van der Waals surface area contributed by atoms with Crippen LogP contribution in [-0.4, -0.2) is 12.8 Å². The Hall–Kier alpha value is -2.04. The largest absolute Gasteiger partial charge is 0.467 e. The summed E-state index contributed by atoms with van der Waals surface area (Å²) in [7, 11) is 0. The minimum absolute atomic E-state index is 0.146. The van der Waals surface area contributed by atoms with E-state index in [2.05, 4.69) is 12.1 Å². The lowest BCUT2D eigenvalue weighted by atomic mass is 10.0. The fraction of sp³-hybridized carbons (Fsp3) is 0.350. The second kappa shape index (κ2) is 7.06. The summed E-state index contributed by atoms with van der Waals surface area (Å²) in [5.74, 6) is 0.458. The van der Waals surface area contributed by atoms with E-state index in [4.69, 9.17) is 25.8 Å². The van der Waals surface area contributed by atoms with Gasteiger partial charge in [0.25, 0.3) is 0 Å². The van der Waals surface area contributed by atoms with Crippen LogP contribution in [0, 0.1) is 0 Å². The van der Waals surface area contributed by atoms with Crippen LogP contribution < -0.4 is 4.74 Å². The maximum Gasteiger partial charge on any atom is 0.310 e. The Bertz CT molecular complexity index is 816. The summed E-state index contributed by atoms with van der Waals surface area (Å²) in [6.45, 7) is 0.795. The van der Waals surface area contributed by atoms with Gasteiger partial charge in [0.05, 0.1) is 13.0 Å². The standard InChI is InChI=1S/C20H19ClO4/c21-18-8-16-10-23-12-25-20(16)17(9-18)11-24-19(22)7-13-4-5-14-2-1-3-15(14)6-13/h4-6,8-9H,1-3,7,10-12H2. The van der Waals surface area contributed by atoms with Crippen molar-refractivity contribution in [1.29, 1.82) is 0 Å². The van der Waals surface area contributed by atoms with Gasteiger partial charge in [0.2, 0.25) is 0 Å². The van der Waals surface area contributed by atoms with E-state index in [9.17, 15) is 4.79 Å². The molecule has 25 heavy (non-hydrogen) atoms. The van der Waals surface area contributed by atoms with Crippen LogP contribution in [0.4, 0.5) is 0 Å². The number of halogens is 1. The van der Waals surface area contributed by atoms with Gasteiger partial charge in [0, 0.05) is 16.1 Å².